The largest absolute Gasteiger partial charge is 0.469 e. The molecule has 2 saturated heterocycles. The summed E-state index contributed by atoms with van der Waals surface area (Å²) >= 11 is 0. The standard InChI is InChI=1S/C12H16O6/c1-15-9(13)7-6-3-4-12(14)5-17-11(8(6)12)18-10(7)16-2/h3-4,6-8,10-11,14H,5H2,1-2H3/t6-,7+,8-,10-,11+,12-/m1/s1. The van der Waals surface area contributed by atoms with Crippen LogP contribution in [-0.2, 0) is 23.7 Å². The van der Waals surface area contributed by atoms with Gasteiger partial charge < -0.3 is 24.1 Å². The molecular formula is C12H16O6. The first-order chi connectivity index (χ1) is 8.60. The average Bonchev–Trinajstić information content (AvgIpc) is 2.89. The van der Waals surface area contributed by atoms with E-state index in [0.29, 0.717) is 0 Å². The lowest BCUT2D eigenvalue weighted by Crippen LogP contribution is -2.52. The van der Waals surface area contributed by atoms with Gasteiger partial charge in [0.1, 0.15) is 11.5 Å². The summed E-state index contributed by atoms with van der Waals surface area (Å²) in [6.07, 6.45) is 2.28. The molecule has 0 saturated carbocycles. The van der Waals surface area contributed by atoms with Gasteiger partial charge in [0, 0.05) is 13.0 Å². The highest BCUT2D eigenvalue weighted by Crippen LogP contribution is 2.51. The monoisotopic (exact) mass is 256 g/mol. The molecular weight excluding hydrogens is 240 g/mol. The molecule has 0 aromatic rings. The Bertz CT molecular complexity index is 394. The molecule has 0 bridgehead atoms. The number of esters is 1. The van der Waals surface area contributed by atoms with Gasteiger partial charge in [0.2, 0.25) is 0 Å². The van der Waals surface area contributed by atoms with E-state index in [1.807, 2.05) is 6.08 Å². The second-order valence-electron chi connectivity index (χ2n) is 4.92. The molecule has 0 spiro atoms. The van der Waals surface area contributed by atoms with Crippen LogP contribution in [0.2, 0.25) is 0 Å². The van der Waals surface area contributed by atoms with Crippen LogP contribution in [0, 0.1) is 17.8 Å². The molecule has 1 aliphatic carbocycles. The van der Waals surface area contributed by atoms with Crippen LogP contribution in [0.25, 0.3) is 0 Å². The second-order valence-corrected chi connectivity index (χ2v) is 4.92. The van der Waals surface area contributed by atoms with Crippen LogP contribution >= 0.6 is 0 Å². The number of methoxy groups -OCH3 is 2. The third-order valence-corrected chi connectivity index (χ3v) is 4.05. The number of carbonyl (C=O) groups excluding carboxylic acids is 1. The first kappa shape index (κ1) is 12.1. The maximum atomic E-state index is 11.9. The Hall–Kier alpha value is -0.950. The van der Waals surface area contributed by atoms with E-state index in [4.69, 9.17) is 18.9 Å². The predicted molar refractivity (Wildman–Crippen MR) is 58.2 cm³/mol. The molecule has 6 nitrogen and oxygen atoms in total. The van der Waals surface area contributed by atoms with Gasteiger partial charge in [-0.2, -0.15) is 0 Å². The Morgan fingerprint density at radius 3 is 2.94 bits per heavy atom. The number of allylic oxidation sites excluding steroid dienone is 1. The molecule has 2 fully saturated rings. The molecule has 0 radical (unpaired) electrons. The summed E-state index contributed by atoms with van der Waals surface area (Å²) in [6.45, 7) is 0.180. The molecule has 18 heavy (non-hydrogen) atoms. The molecule has 6 heteroatoms. The Balaban J connectivity index is 1.95. The minimum Gasteiger partial charge on any atom is -0.469 e. The summed E-state index contributed by atoms with van der Waals surface area (Å²) in [6, 6.07) is 0. The van der Waals surface area contributed by atoms with Gasteiger partial charge in [0.15, 0.2) is 12.6 Å². The van der Waals surface area contributed by atoms with Crippen molar-refractivity contribution < 1.29 is 28.8 Å². The third kappa shape index (κ3) is 1.46. The van der Waals surface area contributed by atoms with Gasteiger partial charge in [-0.25, -0.2) is 0 Å². The number of ether oxygens (including phenoxy) is 4. The Morgan fingerprint density at radius 1 is 1.50 bits per heavy atom. The molecule has 0 amide bonds. The normalized spacial score (nSPS) is 49.2. The van der Waals surface area contributed by atoms with Crippen molar-refractivity contribution in [2.45, 2.75) is 18.2 Å². The molecule has 0 aromatic carbocycles. The van der Waals surface area contributed by atoms with Crippen LogP contribution in [-0.4, -0.2) is 50.1 Å². The number of hydrogen-bond donors (Lipinski definition) is 1. The zero-order chi connectivity index (χ0) is 12.9. The van der Waals surface area contributed by atoms with Gasteiger partial charge in [-0.15, -0.1) is 0 Å². The van der Waals surface area contributed by atoms with E-state index >= 15 is 0 Å². The van der Waals surface area contributed by atoms with E-state index in [2.05, 4.69) is 0 Å². The summed E-state index contributed by atoms with van der Waals surface area (Å²) in [5.74, 6) is -1.43. The molecule has 6 atom stereocenters. The van der Waals surface area contributed by atoms with E-state index < -0.39 is 30.1 Å². The summed E-state index contributed by atoms with van der Waals surface area (Å²) in [5, 5.41) is 10.4. The summed E-state index contributed by atoms with van der Waals surface area (Å²) in [4.78, 5) is 11.9. The molecule has 0 aromatic heterocycles. The van der Waals surface area contributed by atoms with Crippen LogP contribution < -0.4 is 0 Å². The van der Waals surface area contributed by atoms with Crippen molar-refractivity contribution in [2.75, 3.05) is 20.8 Å². The predicted octanol–water partition coefficient (Wildman–Crippen LogP) is -0.332. The highest BCUT2D eigenvalue weighted by atomic mass is 16.8. The fourth-order valence-corrected chi connectivity index (χ4v) is 3.19. The SMILES string of the molecule is COC(=O)[C@H]1[C@H](OC)O[C@@H]2OC[C@]3(O)C=C[C@H]1[C@H]23. The van der Waals surface area contributed by atoms with Crippen molar-refractivity contribution >= 4 is 5.97 Å². The number of hydrogen-bond acceptors (Lipinski definition) is 6. The maximum absolute atomic E-state index is 11.9. The topological polar surface area (TPSA) is 74.2 Å². The lowest BCUT2D eigenvalue weighted by molar-refractivity contribution is -0.288. The van der Waals surface area contributed by atoms with Crippen LogP contribution in [0.4, 0.5) is 0 Å². The van der Waals surface area contributed by atoms with Gasteiger partial charge in [0.05, 0.1) is 19.6 Å². The van der Waals surface area contributed by atoms with Crippen molar-refractivity contribution in [2.24, 2.45) is 17.8 Å². The van der Waals surface area contributed by atoms with Crippen LogP contribution in [0.15, 0.2) is 12.2 Å². The van der Waals surface area contributed by atoms with Crippen molar-refractivity contribution in [1.29, 1.82) is 0 Å². The van der Waals surface area contributed by atoms with E-state index in [0.717, 1.165) is 0 Å². The fraction of sp³-hybridized carbons (Fsp3) is 0.750. The van der Waals surface area contributed by atoms with Gasteiger partial charge in [-0.05, 0) is 0 Å². The summed E-state index contributed by atoms with van der Waals surface area (Å²) in [5.41, 5.74) is -1.04. The lowest BCUT2D eigenvalue weighted by atomic mass is 9.77. The smallest absolute Gasteiger partial charge is 0.314 e. The second kappa shape index (κ2) is 4.03. The van der Waals surface area contributed by atoms with Crippen molar-refractivity contribution in [3.8, 4) is 0 Å². The highest BCUT2D eigenvalue weighted by molar-refractivity contribution is 5.74. The minimum absolute atomic E-state index is 0.180. The first-order valence-corrected chi connectivity index (χ1v) is 5.90. The molecule has 100 valence electrons. The first-order valence-electron chi connectivity index (χ1n) is 5.90. The van der Waals surface area contributed by atoms with Crippen molar-refractivity contribution in [3.05, 3.63) is 12.2 Å². The van der Waals surface area contributed by atoms with E-state index in [1.54, 1.807) is 6.08 Å². The van der Waals surface area contributed by atoms with E-state index in [-0.39, 0.29) is 18.4 Å². The van der Waals surface area contributed by atoms with Gasteiger partial charge in [-0.1, -0.05) is 12.2 Å². The van der Waals surface area contributed by atoms with Gasteiger partial charge in [-0.3, -0.25) is 4.79 Å². The molecule has 0 unspecified atom stereocenters. The van der Waals surface area contributed by atoms with Gasteiger partial charge in [0.25, 0.3) is 0 Å². The Kier molecular flexibility index (Phi) is 2.71. The third-order valence-electron chi connectivity index (χ3n) is 4.05. The average molecular weight is 256 g/mol. The molecule has 3 rings (SSSR count). The van der Waals surface area contributed by atoms with Crippen molar-refractivity contribution in [1.82, 2.24) is 0 Å². The number of aliphatic hydroxyl groups is 1. The molecule has 2 heterocycles. The Labute approximate surface area is 104 Å². The summed E-state index contributed by atoms with van der Waals surface area (Å²) < 4.78 is 21.0. The zero-order valence-corrected chi connectivity index (χ0v) is 10.2. The van der Waals surface area contributed by atoms with E-state index in [9.17, 15) is 9.90 Å². The minimum atomic E-state index is -1.04. The fourth-order valence-electron chi connectivity index (χ4n) is 3.19. The van der Waals surface area contributed by atoms with Crippen LogP contribution in [0.3, 0.4) is 0 Å². The molecule has 1 N–H and O–H groups in total. The zero-order valence-electron chi connectivity index (χ0n) is 10.2. The lowest BCUT2D eigenvalue weighted by Gasteiger charge is -2.40. The quantitative estimate of drug-likeness (QED) is 0.538. The number of rotatable bonds is 2. The van der Waals surface area contributed by atoms with E-state index in [1.165, 1.54) is 14.2 Å². The van der Waals surface area contributed by atoms with Crippen LogP contribution in [0.5, 0.6) is 0 Å². The Morgan fingerprint density at radius 2 is 2.28 bits per heavy atom. The molecule has 3 aliphatic rings. The van der Waals surface area contributed by atoms with Gasteiger partial charge >= 0.3 is 5.97 Å². The highest BCUT2D eigenvalue weighted by Gasteiger charge is 2.62. The van der Waals surface area contributed by atoms with Crippen molar-refractivity contribution in [3.63, 3.8) is 0 Å². The summed E-state index contributed by atoms with van der Waals surface area (Å²) in [7, 11) is 2.80. The number of carbonyl (C=O) groups is 1. The maximum Gasteiger partial charge on any atom is 0.314 e. The van der Waals surface area contributed by atoms with Crippen LogP contribution in [0.1, 0.15) is 0 Å². The molecule has 2 aliphatic heterocycles.